The lowest BCUT2D eigenvalue weighted by molar-refractivity contribution is 0.475. The van der Waals surface area contributed by atoms with Crippen LogP contribution >= 0.6 is 0 Å². The average molecular weight is 259 g/mol. The topological polar surface area (TPSA) is 67.2 Å². The van der Waals surface area contributed by atoms with Gasteiger partial charge in [0.1, 0.15) is 5.75 Å². The van der Waals surface area contributed by atoms with Gasteiger partial charge in [0.2, 0.25) is 0 Å². The van der Waals surface area contributed by atoms with E-state index in [1.54, 1.807) is 41.2 Å². The highest BCUT2D eigenvalue weighted by atomic mass is 16.3. The SMILES string of the molecule is CCCn1ccnc(NCc2ccc(O)cc2)c1=O. The monoisotopic (exact) mass is 259 g/mol. The van der Waals surface area contributed by atoms with Crippen molar-refractivity contribution in [3.63, 3.8) is 0 Å². The van der Waals surface area contributed by atoms with Gasteiger partial charge < -0.3 is 15.0 Å². The van der Waals surface area contributed by atoms with Gasteiger partial charge in [-0.15, -0.1) is 0 Å². The molecule has 5 nitrogen and oxygen atoms in total. The Balaban J connectivity index is 2.09. The summed E-state index contributed by atoms with van der Waals surface area (Å²) in [6.07, 6.45) is 4.22. The van der Waals surface area contributed by atoms with Gasteiger partial charge in [-0.25, -0.2) is 4.98 Å². The number of rotatable bonds is 5. The van der Waals surface area contributed by atoms with Crippen LogP contribution in [0.25, 0.3) is 0 Å². The predicted octanol–water partition coefficient (Wildman–Crippen LogP) is 1.97. The van der Waals surface area contributed by atoms with Crippen molar-refractivity contribution in [1.29, 1.82) is 0 Å². The molecule has 5 heteroatoms. The van der Waals surface area contributed by atoms with Crippen molar-refractivity contribution < 1.29 is 5.11 Å². The first-order valence-corrected chi connectivity index (χ1v) is 6.28. The van der Waals surface area contributed by atoms with E-state index in [-0.39, 0.29) is 11.3 Å². The van der Waals surface area contributed by atoms with Crippen molar-refractivity contribution in [3.8, 4) is 5.75 Å². The van der Waals surface area contributed by atoms with Crippen LogP contribution in [0.5, 0.6) is 5.75 Å². The molecule has 0 fully saturated rings. The zero-order valence-electron chi connectivity index (χ0n) is 10.8. The van der Waals surface area contributed by atoms with Gasteiger partial charge in [-0.05, 0) is 24.1 Å². The van der Waals surface area contributed by atoms with E-state index in [0.29, 0.717) is 18.9 Å². The minimum atomic E-state index is -0.108. The third-order valence-electron chi connectivity index (χ3n) is 2.77. The Bertz CT molecular complexity index is 590. The normalized spacial score (nSPS) is 10.4. The van der Waals surface area contributed by atoms with Gasteiger partial charge in [0, 0.05) is 25.5 Å². The van der Waals surface area contributed by atoms with Crippen LogP contribution in [0.3, 0.4) is 0 Å². The minimum absolute atomic E-state index is 0.108. The minimum Gasteiger partial charge on any atom is -0.508 e. The second-order valence-electron chi connectivity index (χ2n) is 4.29. The van der Waals surface area contributed by atoms with Crippen LogP contribution in [-0.2, 0) is 13.1 Å². The molecule has 0 spiro atoms. The number of phenols is 1. The lowest BCUT2D eigenvalue weighted by Gasteiger charge is -2.08. The van der Waals surface area contributed by atoms with Crippen molar-refractivity contribution in [1.82, 2.24) is 9.55 Å². The number of nitrogens with one attached hydrogen (secondary N) is 1. The Morgan fingerprint density at radius 3 is 2.74 bits per heavy atom. The van der Waals surface area contributed by atoms with E-state index in [0.717, 1.165) is 12.0 Å². The maximum atomic E-state index is 12.0. The number of phenolic OH excluding ortho intramolecular Hbond substituents is 1. The third-order valence-corrected chi connectivity index (χ3v) is 2.77. The van der Waals surface area contributed by atoms with Crippen LogP contribution in [0.1, 0.15) is 18.9 Å². The molecule has 100 valence electrons. The molecule has 0 bridgehead atoms. The van der Waals surface area contributed by atoms with Crippen LogP contribution in [0, 0.1) is 0 Å². The van der Waals surface area contributed by atoms with Crippen LogP contribution in [0.4, 0.5) is 5.82 Å². The Hall–Kier alpha value is -2.30. The predicted molar refractivity (Wildman–Crippen MR) is 74.2 cm³/mol. The fraction of sp³-hybridized carbons (Fsp3) is 0.286. The van der Waals surface area contributed by atoms with E-state index in [2.05, 4.69) is 10.3 Å². The smallest absolute Gasteiger partial charge is 0.293 e. The van der Waals surface area contributed by atoms with Crippen LogP contribution in [0.2, 0.25) is 0 Å². The Labute approximate surface area is 111 Å². The summed E-state index contributed by atoms with van der Waals surface area (Å²) in [6.45, 7) is 3.21. The number of aromatic hydroxyl groups is 1. The van der Waals surface area contributed by atoms with E-state index < -0.39 is 0 Å². The lowest BCUT2D eigenvalue weighted by Crippen LogP contribution is -2.24. The molecule has 2 N–H and O–H groups in total. The first-order chi connectivity index (χ1) is 9.20. The van der Waals surface area contributed by atoms with Crippen LogP contribution < -0.4 is 10.9 Å². The largest absolute Gasteiger partial charge is 0.508 e. The van der Waals surface area contributed by atoms with E-state index in [9.17, 15) is 9.90 Å². The number of hydrogen-bond acceptors (Lipinski definition) is 4. The standard InChI is InChI=1S/C14H17N3O2/c1-2-8-17-9-7-15-13(14(17)19)16-10-11-3-5-12(18)6-4-11/h3-7,9,18H,2,8,10H2,1H3,(H,15,16). The van der Waals surface area contributed by atoms with Crippen LogP contribution in [-0.4, -0.2) is 14.7 Å². The molecule has 0 aliphatic rings. The van der Waals surface area contributed by atoms with Gasteiger partial charge in [0.15, 0.2) is 5.82 Å². The van der Waals surface area contributed by atoms with Gasteiger partial charge in [-0.2, -0.15) is 0 Å². The molecule has 0 unspecified atom stereocenters. The maximum absolute atomic E-state index is 12.0. The molecule has 2 aromatic rings. The summed E-state index contributed by atoms with van der Waals surface area (Å²) >= 11 is 0. The summed E-state index contributed by atoms with van der Waals surface area (Å²) in [7, 11) is 0. The van der Waals surface area contributed by atoms with E-state index in [1.807, 2.05) is 6.92 Å². The number of aromatic nitrogens is 2. The zero-order valence-corrected chi connectivity index (χ0v) is 10.8. The summed E-state index contributed by atoms with van der Waals surface area (Å²) in [4.78, 5) is 16.1. The molecule has 0 aliphatic heterocycles. The van der Waals surface area contributed by atoms with Crippen molar-refractivity contribution in [2.24, 2.45) is 0 Å². The molecule has 0 saturated heterocycles. The summed E-state index contributed by atoms with van der Waals surface area (Å²) in [5, 5.41) is 12.2. The number of nitrogens with zero attached hydrogens (tertiary/aromatic N) is 2. The summed E-state index contributed by atoms with van der Waals surface area (Å²) in [5.41, 5.74) is 0.869. The molecule has 1 heterocycles. The molecular formula is C14H17N3O2. The second-order valence-corrected chi connectivity index (χ2v) is 4.29. The van der Waals surface area contributed by atoms with Gasteiger partial charge >= 0.3 is 0 Å². The van der Waals surface area contributed by atoms with E-state index in [4.69, 9.17) is 0 Å². The highest BCUT2D eigenvalue weighted by Gasteiger charge is 2.03. The van der Waals surface area contributed by atoms with Crippen LogP contribution in [0.15, 0.2) is 41.5 Å². The number of aryl methyl sites for hydroxylation is 1. The van der Waals surface area contributed by atoms with Gasteiger partial charge in [0.05, 0.1) is 0 Å². The third kappa shape index (κ3) is 3.34. The highest BCUT2D eigenvalue weighted by Crippen LogP contribution is 2.10. The molecule has 1 aromatic carbocycles. The van der Waals surface area contributed by atoms with Crippen molar-refractivity contribution >= 4 is 5.82 Å². The second kappa shape index (κ2) is 6.04. The maximum Gasteiger partial charge on any atom is 0.293 e. The molecule has 0 radical (unpaired) electrons. The molecule has 19 heavy (non-hydrogen) atoms. The summed E-state index contributed by atoms with van der Waals surface area (Å²) in [5.74, 6) is 0.580. The zero-order chi connectivity index (χ0) is 13.7. The Morgan fingerprint density at radius 2 is 2.05 bits per heavy atom. The van der Waals surface area contributed by atoms with E-state index >= 15 is 0 Å². The number of anilines is 1. The summed E-state index contributed by atoms with van der Waals surface area (Å²) < 4.78 is 1.64. The van der Waals surface area contributed by atoms with Gasteiger partial charge in [-0.3, -0.25) is 4.79 Å². The molecule has 2 rings (SSSR count). The number of benzene rings is 1. The van der Waals surface area contributed by atoms with Gasteiger partial charge in [-0.1, -0.05) is 19.1 Å². The molecular weight excluding hydrogens is 242 g/mol. The first-order valence-electron chi connectivity index (χ1n) is 6.28. The Morgan fingerprint density at radius 1 is 1.32 bits per heavy atom. The molecule has 1 aromatic heterocycles. The van der Waals surface area contributed by atoms with Gasteiger partial charge in [0.25, 0.3) is 5.56 Å². The fourth-order valence-corrected chi connectivity index (χ4v) is 1.79. The Kier molecular flexibility index (Phi) is 4.18. The van der Waals surface area contributed by atoms with Crippen molar-refractivity contribution in [2.45, 2.75) is 26.4 Å². The average Bonchev–Trinajstić information content (AvgIpc) is 2.42. The number of hydrogen-bond donors (Lipinski definition) is 2. The highest BCUT2D eigenvalue weighted by molar-refractivity contribution is 5.34. The first kappa shape index (κ1) is 13.1. The van der Waals surface area contributed by atoms with E-state index in [1.165, 1.54) is 0 Å². The molecule has 0 saturated carbocycles. The lowest BCUT2D eigenvalue weighted by atomic mass is 10.2. The summed E-state index contributed by atoms with van der Waals surface area (Å²) in [6, 6.07) is 6.83. The molecule has 0 atom stereocenters. The van der Waals surface area contributed by atoms with Crippen molar-refractivity contribution in [2.75, 3.05) is 5.32 Å². The quantitative estimate of drug-likeness (QED) is 0.861. The molecule has 0 amide bonds. The molecule has 0 aliphatic carbocycles. The van der Waals surface area contributed by atoms with Crippen molar-refractivity contribution in [3.05, 3.63) is 52.6 Å². The fourth-order valence-electron chi connectivity index (χ4n) is 1.79.